The van der Waals surface area contributed by atoms with Crippen LogP contribution in [-0.4, -0.2) is 24.9 Å². The van der Waals surface area contributed by atoms with Crippen LogP contribution in [0.25, 0.3) is 0 Å². The third-order valence-corrected chi connectivity index (χ3v) is 4.66. The second kappa shape index (κ2) is 6.52. The Morgan fingerprint density at radius 3 is 3.07 bits per heavy atom. The maximum Gasteiger partial charge on any atom is 0.323 e. The van der Waals surface area contributed by atoms with E-state index < -0.39 is 6.04 Å². The molecule has 0 fully saturated rings. The molecule has 0 spiro atoms. The predicted molar refractivity (Wildman–Crippen MR) is 68.2 cm³/mol. The summed E-state index contributed by atoms with van der Waals surface area (Å²) in [5.41, 5.74) is 5.60. The largest absolute Gasteiger partial charge is 0.468 e. The van der Waals surface area contributed by atoms with Crippen LogP contribution in [0.1, 0.15) is 4.88 Å². The number of halogens is 1. The number of rotatable bonds is 5. The zero-order valence-corrected chi connectivity index (χ0v) is 11.5. The van der Waals surface area contributed by atoms with E-state index in [0.29, 0.717) is 5.75 Å². The number of thiophene rings is 1. The van der Waals surface area contributed by atoms with Crippen LogP contribution in [0.4, 0.5) is 0 Å². The smallest absolute Gasteiger partial charge is 0.323 e. The minimum absolute atomic E-state index is 0.352. The van der Waals surface area contributed by atoms with Crippen LogP contribution in [0.2, 0.25) is 0 Å². The molecule has 0 aliphatic carbocycles. The highest BCUT2D eigenvalue weighted by atomic mass is 79.9. The fourth-order valence-corrected chi connectivity index (χ4v) is 3.49. The molecule has 3 nitrogen and oxygen atoms in total. The summed E-state index contributed by atoms with van der Waals surface area (Å²) in [6, 6.07) is 1.55. The minimum Gasteiger partial charge on any atom is -0.468 e. The Morgan fingerprint density at radius 1 is 1.80 bits per heavy atom. The Labute approximate surface area is 106 Å². The molecule has 1 heterocycles. The van der Waals surface area contributed by atoms with Crippen LogP contribution in [0, 0.1) is 0 Å². The molecule has 0 aliphatic heterocycles. The lowest BCUT2D eigenvalue weighted by atomic mass is 10.4. The van der Waals surface area contributed by atoms with Crippen LogP contribution in [-0.2, 0) is 15.3 Å². The second-order valence-electron chi connectivity index (χ2n) is 2.88. The van der Waals surface area contributed by atoms with Crippen molar-refractivity contribution in [3.05, 3.63) is 20.8 Å². The first-order valence-electron chi connectivity index (χ1n) is 4.27. The Morgan fingerprint density at radius 2 is 2.53 bits per heavy atom. The van der Waals surface area contributed by atoms with E-state index >= 15 is 0 Å². The highest BCUT2D eigenvalue weighted by Gasteiger charge is 2.13. The molecule has 1 aromatic rings. The lowest BCUT2D eigenvalue weighted by Gasteiger charge is -2.07. The molecule has 15 heavy (non-hydrogen) atoms. The summed E-state index contributed by atoms with van der Waals surface area (Å²) in [5, 5.41) is 2.04. The van der Waals surface area contributed by atoms with Crippen molar-refractivity contribution in [3.8, 4) is 0 Å². The molecule has 1 aromatic heterocycles. The third kappa shape index (κ3) is 4.55. The van der Waals surface area contributed by atoms with Crippen LogP contribution >= 0.6 is 39.0 Å². The number of methoxy groups -OCH3 is 1. The minimum atomic E-state index is -0.525. The number of nitrogens with two attached hydrogens (primary N) is 1. The van der Waals surface area contributed by atoms with Gasteiger partial charge in [0.2, 0.25) is 0 Å². The summed E-state index contributed by atoms with van der Waals surface area (Å²) in [5.74, 6) is 1.11. The molecular formula is C9H12BrNO2S2. The summed E-state index contributed by atoms with van der Waals surface area (Å²) >= 11 is 6.72. The van der Waals surface area contributed by atoms with Crippen LogP contribution in [0.15, 0.2) is 15.9 Å². The zero-order valence-electron chi connectivity index (χ0n) is 8.23. The summed E-state index contributed by atoms with van der Waals surface area (Å²) in [6.45, 7) is 0. The van der Waals surface area contributed by atoms with Crippen molar-refractivity contribution in [2.24, 2.45) is 5.73 Å². The Kier molecular flexibility index (Phi) is 5.66. The number of thioether (sulfide) groups is 1. The standard InChI is InChI=1S/C9H12BrNO2S2/c1-13-9(12)8(11)5-14-4-7-2-6(10)3-15-7/h2-3,8H,4-5,11H2,1H3. The molecule has 0 saturated heterocycles. The van der Waals surface area contributed by atoms with Crippen molar-refractivity contribution in [2.75, 3.05) is 12.9 Å². The van der Waals surface area contributed by atoms with Gasteiger partial charge in [-0.15, -0.1) is 11.3 Å². The molecule has 1 atom stereocenters. The molecule has 0 saturated carbocycles. The molecule has 0 bridgehead atoms. The van der Waals surface area contributed by atoms with E-state index in [2.05, 4.69) is 26.7 Å². The Balaban J connectivity index is 2.24. The number of carbonyl (C=O) groups excluding carboxylic acids is 1. The first-order chi connectivity index (χ1) is 7.13. The van der Waals surface area contributed by atoms with Gasteiger partial charge in [0, 0.05) is 26.2 Å². The number of carbonyl (C=O) groups is 1. The summed E-state index contributed by atoms with van der Waals surface area (Å²) in [6.07, 6.45) is 0. The Bertz CT molecular complexity index is 330. The average molecular weight is 310 g/mol. The zero-order chi connectivity index (χ0) is 11.3. The van der Waals surface area contributed by atoms with Gasteiger partial charge in [-0.1, -0.05) is 0 Å². The van der Waals surface area contributed by atoms with Gasteiger partial charge < -0.3 is 10.5 Å². The van der Waals surface area contributed by atoms with Crippen molar-refractivity contribution in [1.29, 1.82) is 0 Å². The monoisotopic (exact) mass is 309 g/mol. The molecule has 0 amide bonds. The van der Waals surface area contributed by atoms with Gasteiger partial charge >= 0.3 is 5.97 Å². The molecule has 6 heteroatoms. The fraction of sp³-hybridized carbons (Fsp3) is 0.444. The molecule has 0 radical (unpaired) electrons. The molecule has 2 N–H and O–H groups in total. The molecular weight excluding hydrogens is 298 g/mol. The highest BCUT2D eigenvalue weighted by Crippen LogP contribution is 2.23. The molecule has 1 unspecified atom stereocenters. The first-order valence-corrected chi connectivity index (χ1v) is 7.10. The van der Waals surface area contributed by atoms with E-state index in [1.165, 1.54) is 12.0 Å². The normalized spacial score (nSPS) is 12.5. The number of hydrogen-bond donors (Lipinski definition) is 1. The van der Waals surface area contributed by atoms with Gasteiger partial charge in [0.15, 0.2) is 0 Å². The predicted octanol–water partition coefficient (Wildman–Crippen LogP) is 2.24. The van der Waals surface area contributed by atoms with Gasteiger partial charge in [0.1, 0.15) is 6.04 Å². The summed E-state index contributed by atoms with van der Waals surface area (Å²) < 4.78 is 5.63. The first kappa shape index (κ1) is 13.0. The Hall–Kier alpha value is -0.0400. The van der Waals surface area contributed by atoms with Crippen molar-refractivity contribution < 1.29 is 9.53 Å². The van der Waals surface area contributed by atoms with Crippen molar-refractivity contribution in [2.45, 2.75) is 11.8 Å². The van der Waals surface area contributed by atoms with Crippen molar-refractivity contribution in [1.82, 2.24) is 0 Å². The lowest BCUT2D eigenvalue weighted by molar-refractivity contribution is -0.141. The van der Waals surface area contributed by atoms with Crippen LogP contribution in [0.5, 0.6) is 0 Å². The molecule has 1 rings (SSSR count). The summed E-state index contributed by atoms with van der Waals surface area (Å²) in [4.78, 5) is 12.3. The van der Waals surface area contributed by atoms with E-state index in [1.54, 1.807) is 23.1 Å². The number of ether oxygens (including phenoxy) is 1. The average Bonchev–Trinajstić information content (AvgIpc) is 2.63. The van der Waals surface area contributed by atoms with Crippen LogP contribution < -0.4 is 5.73 Å². The number of esters is 1. The molecule has 84 valence electrons. The van der Waals surface area contributed by atoms with Gasteiger partial charge in [-0.05, 0) is 22.0 Å². The lowest BCUT2D eigenvalue weighted by Crippen LogP contribution is -2.33. The topological polar surface area (TPSA) is 52.3 Å². The van der Waals surface area contributed by atoms with Crippen molar-refractivity contribution in [3.63, 3.8) is 0 Å². The summed E-state index contributed by atoms with van der Waals surface area (Å²) in [7, 11) is 1.35. The molecule has 0 aromatic carbocycles. The van der Waals surface area contributed by atoms with E-state index in [4.69, 9.17) is 5.73 Å². The third-order valence-electron chi connectivity index (χ3n) is 1.67. The molecule has 0 aliphatic rings. The highest BCUT2D eigenvalue weighted by molar-refractivity contribution is 9.10. The van der Waals surface area contributed by atoms with Gasteiger partial charge in [-0.25, -0.2) is 0 Å². The van der Waals surface area contributed by atoms with Gasteiger partial charge in [-0.3, -0.25) is 4.79 Å². The SMILES string of the molecule is COC(=O)C(N)CSCc1cc(Br)cs1. The van der Waals surface area contributed by atoms with Crippen molar-refractivity contribution >= 4 is 45.0 Å². The van der Waals surface area contributed by atoms with E-state index in [9.17, 15) is 4.79 Å². The van der Waals surface area contributed by atoms with Crippen LogP contribution in [0.3, 0.4) is 0 Å². The second-order valence-corrected chi connectivity index (χ2v) is 5.82. The van der Waals surface area contributed by atoms with Gasteiger partial charge in [-0.2, -0.15) is 11.8 Å². The van der Waals surface area contributed by atoms with Gasteiger partial charge in [0.05, 0.1) is 7.11 Å². The maximum absolute atomic E-state index is 11.0. The quantitative estimate of drug-likeness (QED) is 0.848. The van der Waals surface area contributed by atoms with E-state index in [0.717, 1.165) is 10.2 Å². The van der Waals surface area contributed by atoms with E-state index in [1.807, 2.05) is 5.38 Å². The fourth-order valence-electron chi connectivity index (χ4n) is 0.935. The van der Waals surface area contributed by atoms with Gasteiger partial charge in [0.25, 0.3) is 0 Å². The number of hydrogen-bond acceptors (Lipinski definition) is 5. The van der Waals surface area contributed by atoms with E-state index in [-0.39, 0.29) is 5.97 Å². The maximum atomic E-state index is 11.0.